The first-order valence-corrected chi connectivity index (χ1v) is 11.2. The number of para-hydroxylation sites is 1. The Bertz CT molecular complexity index is 970. The number of carbonyl (C=O) groups excluding carboxylic acids is 1. The van der Waals surface area contributed by atoms with Crippen molar-refractivity contribution in [3.05, 3.63) is 60.2 Å². The molecule has 0 radical (unpaired) electrons. The van der Waals surface area contributed by atoms with Gasteiger partial charge in [0.2, 0.25) is 5.91 Å². The van der Waals surface area contributed by atoms with E-state index in [4.69, 9.17) is 0 Å². The Morgan fingerprint density at radius 2 is 1.60 bits per heavy atom. The average molecular weight is 440 g/mol. The molecule has 1 N–H and O–H groups in total. The highest BCUT2D eigenvalue weighted by Gasteiger charge is 2.48. The fourth-order valence-corrected chi connectivity index (χ4v) is 4.52. The van der Waals surface area contributed by atoms with Crippen LogP contribution in [0.15, 0.2) is 59.5 Å². The van der Waals surface area contributed by atoms with E-state index in [0.717, 1.165) is 11.6 Å². The van der Waals surface area contributed by atoms with Crippen LogP contribution in [0.3, 0.4) is 0 Å². The molecular weight excluding hydrogens is 417 g/mol. The molecule has 1 fully saturated rings. The van der Waals surface area contributed by atoms with E-state index in [1.54, 1.807) is 4.90 Å². The monoisotopic (exact) mass is 440 g/mol. The van der Waals surface area contributed by atoms with E-state index in [9.17, 15) is 26.4 Å². The number of halogens is 3. The molecule has 30 heavy (non-hydrogen) atoms. The Morgan fingerprint density at radius 1 is 1.00 bits per heavy atom. The molecule has 0 unspecified atom stereocenters. The zero-order chi connectivity index (χ0) is 21.8. The van der Waals surface area contributed by atoms with Crippen LogP contribution in [0, 0.1) is 0 Å². The quantitative estimate of drug-likeness (QED) is 0.744. The van der Waals surface area contributed by atoms with Gasteiger partial charge in [-0.25, -0.2) is 8.42 Å². The van der Waals surface area contributed by atoms with Crippen LogP contribution in [0.25, 0.3) is 0 Å². The lowest BCUT2D eigenvalue weighted by atomic mass is 10.0. The third-order valence-corrected chi connectivity index (χ3v) is 6.68. The van der Waals surface area contributed by atoms with Crippen molar-refractivity contribution in [3.8, 4) is 0 Å². The van der Waals surface area contributed by atoms with E-state index >= 15 is 0 Å². The van der Waals surface area contributed by atoms with E-state index in [-0.39, 0.29) is 17.6 Å². The van der Waals surface area contributed by atoms with Crippen molar-refractivity contribution in [1.29, 1.82) is 0 Å². The van der Waals surface area contributed by atoms with Gasteiger partial charge in [-0.1, -0.05) is 42.5 Å². The summed E-state index contributed by atoms with van der Waals surface area (Å²) in [5, 5.41) is 2.97. The summed E-state index contributed by atoms with van der Waals surface area (Å²) in [6.45, 7) is 0.710. The summed E-state index contributed by atoms with van der Waals surface area (Å²) in [5.74, 6) is -0.0719. The summed E-state index contributed by atoms with van der Waals surface area (Å²) in [4.78, 5) is 13.1. The number of aryl methyl sites for hydroxylation is 1. The molecule has 5 nitrogen and oxygen atoms in total. The van der Waals surface area contributed by atoms with Crippen LogP contribution >= 0.6 is 0 Å². The second kappa shape index (κ2) is 9.07. The number of sulfone groups is 1. The number of benzene rings is 2. The Balaban J connectivity index is 1.58. The van der Waals surface area contributed by atoms with Gasteiger partial charge in [0.25, 0.3) is 9.84 Å². The summed E-state index contributed by atoms with van der Waals surface area (Å²) < 4.78 is 62.9. The number of hydrogen-bond donors (Lipinski definition) is 1. The van der Waals surface area contributed by atoms with Gasteiger partial charge in [0.05, 0.1) is 10.6 Å². The molecule has 1 amide bonds. The average Bonchev–Trinajstić information content (AvgIpc) is 2.73. The number of piperidine rings is 1. The minimum Gasteiger partial charge on any atom is -0.370 e. The normalized spacial score (nSPS) is 15.8. The lowest BCUT2D eigenvalue weighted by molar-refractivity contribution is -0.121. The zero-order valence-corrected chi connectivity index (χ0v) is 17.0. The summed E-state index contributed by atoms with van der Waals surface area (Å²) in [6.07, 6.45) is 2.04. The number of nitrogens with one attached hydrogen (secondary N) is 1. The molecule has 162 valence electrons. The second-order valence-corrected chi connectivity index (χ2v) is 9.14. The predicted molar refractivity (Wildman–Crippen MR) is 108 cm³/mol. The number of amides is 1. The maximum atomic E-state index is 13.0. The van der Waals surface area contributed by atoms with Crippen LogP contribution in [0.4, 0.5) is 18.9 Å². The number of carbonyl (C=O) groups is 1. The van der Waals surface area contributed by atoms with E-state index in [0.29, 0.717) is 38.8 Å². The molecule has 0 aliphatic carbocycles. The van der Waals surface area contributed by atoms with Crippen molar-refractivity contribution >= 4 is 21.4 Å². The molecule has 9 heteroatoms. The van der Waals surface area contributed by atoms with Crippen molar-refractivity contribution in [2.45, 2.75) is 42.1 Å². The minimum absolute atomic E-state index is 0.0451. The summed E-state index contributed by atoms with van der Waals surface area (Å²) in [7, 11) is -5.43. The summed E-state index contributed by atoms with van der Waals surface area (Å²) in [6, 6.07) is 14.7. The van der Waals surface area contributed by atoms with Crippen LogP contribution < -0.4 is 10.2 Å². The fourth-order valence-electron chi connectivity index (χ4n) is 3.54. The van der Waals surface area contributed by atoms with Gasteiger partial charge in [0.1, 0.15) is 0 Å². The van der Waals surface area contributed by atoms with Crippen molar-refractivity contribution in [2.24, 2.45) is 0 Å². The Labute approximate surface area is 173 Å². The van der Waals surface area contributed by atoms with Gasteiger partial charge >= 0.3 is 5.51 Å². The van der Waals surface area contributed by atoms with Gasteiger partial charge in [-0.05, 0) is 37.0 Å². The molecule has 2 aromatic rings. The van der Waals surface area contributed by atoms with Crippen molar-refractivity contribution in [1.82, 2.24) is 5.32 Å². The van der Waals surface area contributed by atoms with Gasteiger partial charge in [-0.2, -0.15) is 13.2 Å². The fraction of sp³-hybridized carbons (Fsp3) is 0.381. The highest BCUT2D eigenvalue weighted by molar-refractivity contribution is 7.92. The van der Waals surface area contributed by atoms with Crippen molar-refractivity contribution in [2.75, 3.05) is 18.0 Å². The maximum Gasteiger partial charge on any atom is 0.501 e. The highest BCUT2D eigenvalue weighted by atomic mass is 32.2. The van der Waals surface area contributed by atoms with Crippen molar-refractivity contribution in [3.63, 3.8) is 0 Å². The Kier molecular flexibility index (Phi) is 6.70. The van der Waals surface area contributed by atoms with Crippen LogP contribution in [-0.4, -0.2) is 39.0 Å². The molecule has 1 aliphatic heterocycles. The molecule has 1 saturated heterocycles. The molecule has 2 aromatic carbocycles. The molecule has 0 bridgehead atoms. The lowest BCUT2D eigenvalue weighted by Gasteiger charge is -2.35. The minimum atomic E-state index is -5.43. The molecule has 1 aliphatic rings. The first-order chi connectivity index (χ1) is 14.2. The standard InChI is InChI=1S/C21H23F3N2O3S/c22-21(23,24)30(28,29)19-9-5-4-8-18(19)26-14-12-17(13-15-26)25-20(27)11-10-16-6-2-1-3-7-16/h1-9,17H,10-15H2,(H,25,27). The first-order valence-electron chi connectivity index (χ1n) is 9.67. The molecule has 3 rings (SSSR count). The van der Waals surface area contributed by atoms with Crippen LogP contribution in [0.2, 0.25) is 0 Å². The topological polar surface area (TPSA) is 66.5 Å². The number of hydrogen-bond acceptors (Lipinski definition) is 4. The number of rotatable bonds is 6. The number of anilines is 1. The summed E-state index contributed by atoms with van der Waals surface area (Å²) >= 11 is 0. The Hall–Kier alpha value is -2.55. The van der Waals surface area contributed by atoms with Gasteiger partial charge in [-0.3, -0.25) is 4.79 Å². The van der Waals surface area contributed by atoms with Crippen molar-refractivity contribution < 1.29 is 26.4 Å². The predicted octanol–water partition coefficient (Wildman–Crippen LogP) is 3.70. The van der Waals surface area contributed by atoms with Gasteiger partial charge in [-0.15, -0.1) is 0 Å². The third-order valence-electron chi connectivity index (χ3n) is 5.14. The van der Waals surface area contributed by atoms with E-state index < -0.39 is 20.2 Å². The SMILES string of the molecule is O=C(CCc1ccccc1)NC1CCN(c2ccccc2S(=O)(=O)C(F)(F)F)CC1. The largest absolute Gasteiger partial charge is 0.501 e. The second-order valence-electron chi connectivity index (χ2n) is 7.23. The lowest BCUT2D eigenvalue weighted by Crippen LogP contribution is -2.45. The van der Waals surface area contributed by atoms with E-state index in [1.165, 1.54) is 18.2 Å². The van der Waals surface area contributed by atoms with Crippen LogP contribution in [0.1, 0.15) is 24.8 Å². The molecule has 0 aromatic heterocycles. The molecule has 1 heterocycles. The first kappa shape index (κ1) is 22.1. The van der Waals surface area contributed by atoms with Crippen LogP contribution in [0.5, 0.6) is 0 Å². The van der Waals surface area contributed by atoms with Crippen LogP contribution in [-0.2, 0) is 21.1 Å². The maximum absolute atomic E-state index is 13.0. The smallest absolute Gasteiger partial charge is 0.370 e. The van der Waals surface area contributed by atoms with Gasteiger partial charge in [0, 0.05) is 25.6 Å². The van der Waals surface area contributed by atoms with Gasteiger partial charge in [0.15, 0.2) is 0 Å². The molecule has 0 atom stereocenters. The third kappa shape index (κ3) is 5.13. The molecule has 0 saturated carbocycles. The van der Waals surface area contributed by atoms with E-state index in [1.807, 2.05) is 30.3 Å². The zero-order valence-electron chi connectivity index (χ0n) is 16.2. The van der Waals surface area contributed by atoms with E-state index in [2.05, 4.69) is 5.32 Å². The van der Waals surface area contributed by atoms with Gasteiger partial charge < -0.3 is 10.2 Å². The number of nitrogens with zero attached hydrogens (tertiary/aromatic N) is 1. The highest BCUT2D eigenvalue weighted by Crippen LogP contribution is 2.36. The molecule has 0 spiro atoms. The Morgan fingerprint density at radius 3 is 2.23 bits per heavy atom. The molecular formula is C21H23F3N2O3S. The number of alkyl halides is 3. The summed E-state index contributed by atoms with van der Waals surface area (Å²) in [5.41, 5.74) is -4.23.